The van der Waals surface area contributed by atoms with Crippen LogP contribution in [0.2, 0.25) is 0 Å². The smallest absolute Gasteiger partial charge is 0.231 e. The van der Waals surface area contributed by atoms with E-state index in [0.717, 1.165) is 31.5 Å². The van der Waals surface area contributed by atoms with E-state index >= 15 is 0 Å². The highest BCUT2D eigenvalue weighted by Crippen LogP contribution is 2.31. The molecule has 2 aromatic rings. The zero-order valence-electron chi connectivity index (χ0n) is 11.3. The van der Waals surface area contributed by atoms with Crippen molar-refractivity contribution in [2.24, 2.45) is 0 Å². The van der Waals surface area contributed by atoms with Crippen LogP contribution in [0.5, 0.6) is 11.5 Å². The fourth-order valence-corrected chi connectivity index (χ4v) is 2.40. The standard InChI is InChI=1S/C14H17N3O3/c1-19-12-7-9(4-5-11(12)18)13-16-14(20-17-13)10-3-2-6-15-8-10/h4-5,7,10,15,18H,2-3,6,8H2,1H3/t10-/m0/s1. The average molecular weight is 275 g/mol. The third kappa shape index (κ3) is 2.46. The molecule has 0 amide bonds. The lowest BCUT2D eigenvalue weighted by atomic mass is 10.00. The van der Waals surface area contributed by atoms with Crippen molar-refractivity contribution < 1.29 is 14.4 Å². The molecule has 1 saturated heterocycles. The summed E-state index contributed by atoms with van der Waals surface area (Å²) < 4.78 is 10.4. The maximum atomic E-state index is 9.59. The first-order chi connectivity index (χ1) is 9.78. The Balaban J connectivity index is 1.85. The van der Waals surface area contributed by atoms with Crippen LogP contribution in [0.1, 0.15) is 24.7 Å². The molecule has 6 nitrogen and oxygen atoms in total. The van der Waals surface area contributed by atoms with E-state index in [9.17, 15) is 5.11 Å². The SMILES string of the molecule is COc1cc(-c2noc([C@H]3CCCNC3)n2)ccc1O. The van der Waals surface area contributed by atoms with Crippen molar-refractivity contribution in [1.82, 2.24) is 15.5 Å². The maximum Gasteiger partial charge on any atom is 0.231 e. The molecule has 0 unspecified atom stereocenters. The average Bonchev–Trinajstić information content (AvgIpc) is 2.98. The van der Waals surface area contributed by atoms with Gasteiger partial charge in [0.15, 0.2) is 11.5 Å². The summed E-state index contributed by atoms with van der Waals surface area (Å²) in [6, 6.07) is 5.00. The number of phenols is 1. The first-order valence-electron chi connectivity index (χ1n) is 6.69. The summed E-state index contributed by atoms with van der Waals surface area (Å²) in [6.07, 6.45) is 2.18. The Kier molecular flexibility index (Phi) is 3.56. The summed E-state index contributed by atoms with van der Waals surface area (Å²) >= 11 is 0. The van der Waals surface area contributed by atoms with Gasteiger partial charge in [-0.15, -0.1) is 0 Å². The zero-order chi connectivity index (χ0) is 13.9. The summed E-state index contributed by atoms with van der Waals surface area (Å²) in [5.74, 6) is 1.96. The second-order valence-electron chi connectivity index (χ2n) is 4.89. The molecule has 106 valence electrons. The van der Waals surface area contributed by atoms with Crippen molar-refractivity contribution in [2.45, 2.75) is 18.8 Å². The molecular weight excluding hydrogens is 258 g/mol. The van der Waals surface area contributed by atoms with E-state index < -0.39 is 0 Å². The van der Waals surface area contributed by atoms with Gasteiger partial charge in [-0.25, -0.2) is 0 Å². The molecule has 0 aliphatic carbocycles. The van der Waals surface area contributed by atoms with Crippen LogP contribution in [0.4, 0.5) is 0 Å². The highest BCUT2D eigenvalue weighted by Gasteiger charge is 2.22. The topological polar surface area (TPSA) is 80.4 Å². The number of nitrogens with zero attached hydrogens (tertiary/aromatic N) is 2. The molecular formula is C14H17N3O3. The van der Waals surface area contributed by atoms with Gasteiger partial charge in [0.1, 0.15) is 0 Å². The first-order valence-corrected chi connectivity index (χ1v) is 6.69. The summed E-state index contributed by atoms with van der Waals surface area (Å²) in [6.45, 7) is 1.92. The number of nitrogens with one attached hydrogen (secondary N) is 1. The molecule has 6 heteroatoms. The van der Waals surface area contributed by atoms with Gasteiger partial charge in [0.05, 0.1) is 13.0 Å². The van der Waals surface area contributed by atoms with E-state index in [4.69, 9.17) is 9.26 Å². The van der Waals surface area contributed by atoms with Gasteiger partial charge in [-0.3, -0.25) is 0 Å². The molecule has 0 bridgehead atoms. The van der Waals surface area contributed by atoms with Crippen LogP contribution in [0.15, 0.2) is 22.7 Å². The van der Waals surface area contributed by atoms with Crippen LogP contribution in [0.3, 0.4) is 0 Å². The number of phenolic OH excluding ortho intramolecular Hbond substituents is 1. The molecule has 2 heterocycles. The maximum absolute atomic E-state index is 9.59. The minimum atomic E-state index is 0.0939. The van der Waals surface area contributed by atoms with Crippen molar-refractivity contribution in [3.8, 4) is 22.9 Å². The minimum absolute atomic E-state index is 0.0939. The van der Waals surface area contributed by atoms with Crippen molar-refractivity contribution in [2.75, 3.05) is 20.2 Å². The fourth-order valence-electron chi connectivity index (χ4n) is 2.40. The van der Waals surface area contributed by atoms with E-state index in [1.165, 1.54) is 7.11 Å². The molecule has 2 N–H and O–H groups in total. The van der Waals surface area contributed by atoms with Crippen molar-refractivity contribution >= 4 is 0 Å². The highest BCUT2D eigenvalue weighted by molar-refractivity contribution is 5.60. The highest BCUT2D eigenvalue weighted by atomic mass is 16.5. The molecule has 1 aromatic heterocycles. The van der Waals surface area contributed by atoms with Gasteiger partial charge < -0.3 is 19.7 Å². The summed E-state index contributed by atoms with van der Waals surface area (Å²) in [4.78, 5) is 4.45. The van der Waals surface area contributed by atoms with E-state index in [0.29, 0.717) is 17.5 Å². The third-order valence-corrected chi connectivity index (χ3v) is 3.53. The number of methoxy groups -OCH3 is 1. The van der Waals surface area contributed by atoms with Gasteiger partial charge in [0.2, 0.25) is 11.7 Å². The van der Waals surface area contributed by atoms with E-state index in [-0.39, 0.29) is 11.7 Å². The van der Waals surface area contributed by atoms with E-state index in [1.54, 1.807) is 18.2 Å². The van der Waals surface area contributed by atoms with Crippen LogP contribution < -0.4 is 10.1 Å². The van der Waals surface area contributed by atoms with E-state index in [2.05, 4.69) is 15.5 Å². The van der Waals surface area contributed by atoms with Crippen molar-refractivity contribution in [1.29, 1.82) is 0 Å². The zero-order valence-corrected chi connectivity index (χ0v) is 11.3. The Morgan fingerprint density at radius 1 is 1.45 bits per heavy atom. The fraction of sp³-hybridized carbons (Fsp3) is 0.429. The Bertz CT molecular complexity index is 591. The van der Waals surface area contributed by atoms with Crippen LogP contribution in [0.25, 0.3) is 11.4 Å². The quantitative estimate of drug-likeness (QED) is 0.890. The van der Waals surface area contributed by atoms with Gasteiger partial charge in [-0.05, 0) is 37.6 Å². The number of hydrogen-bond donors (Lipinski definition) is 2. The van der Waals surface area contributed by atoms with Crippen molar-refractivity contribution in [3.05, 3.63) is 24.1 Å². The van der Waals surface area contributed by atoms with Crippen molar-refractivity contribution in [3.63, 3.8) is 0 Å². The first kappa shape index (κ1) is 12.9. The van der Waals surface area contributed by atoms with Gasteiger partial charge in [-0.2, -0.15) is 4.98 Å². The van der Waals surface area contributed by atoms with Crippen LogP contribution in [-0.4, -0.2) is 35.4 Å². The Hall–Kier alpha value is -2.08. The normalized spacial score (nSPS) is 18.9. The molecule has 1 atom stereocenters. The lowest BCUT2D eigenvalue weighted by molar-refractivity contribution is 0.322. The number of aromatic nitrogens is 2. The number of rotatable bonds is 3. The molecule has 20 heavy (non-hydrogen) atoms. The van der Waals surface area contributed by atoms with E-state index in [1.807, 2.05) is 0 Å². The molecule has 0 radical (unpaired) electrons. The Labute approximate surface area is 116 Å². The summed E-state index contributed by atoms with van der Waals surface area (Å²) in [5, 5.41) is 16.9. The predicted molar refractivity (Wildman–Crippen MR) is 72.8 cm³/mol. The molecule has 0 spiro atoms. The number of benzene rings is 1. The second kappa shape index (κ2) is 5.50. The van der Waals surface area contributed by atoms with Gasteiger partial charge in [-0.1, -0.05) is 5.16 Å². The number of ether oxygens (including phenoxy) is 1. The summed E-state index contributed by atoms with van der Waals surface area (Å²) in [5.41, 5.74) is 0.762. The summed E-state index contributed by atoms with van der Waals surface area (Å²) in [7, 11) is 1.51. The number of hydrogen-bond acceptors (Lipinski definition) is 6. The minimum Gasteiger partial charge on any atom is -0.504 e. The van der Waals surface area contributed by atoms with Gasteiger partial charge in [0.25, 0.3) is 0 Å². The van der Waals surface area contributed by atoms with Gasteiger partial charge >= 0.3 is 0 Å². The predicted octanol–water partition coefficient (Wildman–Crippen LogP) is 1.92. The lowest BCUT2D eigenvalue weighted by Crippen LogP contribution is -2.28. The molecule has 1 aromatic carbocycles. The molecule has 0 saturated carbocycles. The van der Waals surface area contributed by atoms with Crippen LogP contribution in [0, 0.1) is 0 Å². The monoisotopic (exact) mass is 275 g/mol. The Morgan fingerprint density at radius 2 is 2.35 bits per heavy atom. The number of piperidine rings is 1. The largest absolute Gasteiger partial charge is 0.504 e. The Morgan fingerprint density at radius 3 is 3.10 bits per heavy atom. The molecule has 1 aliphatic heterocycles. The molecule has 1 fully saturated rings. The second-order valence-corrected chi connectivity index (χ2v) is 4.89. The third-order valence-electron chi connectivity index (χ3n) is 3.53. The molecule has 1 aliphatic rings. The number of aromatic hydroxyl groups is 1. The lowest BCUT2D eigenvalue weighted by Gasteiger charge is -2.18. The van der Waals surface area contributed by atoms with Gasteiger partial charge in [0, 0.05) is 12.1 Å². The molecule has 3 rings (SSSR count). The van der Waals surface area contributed by atoms with Crippen LogP contribution in [-0.2, 0) is 0 Å². The van der Waals surface area contributed by atoms with Crippen LogP contribution >= 0.6 is 0 Å².